The van der Waals surface area contributed by atoms with Crippen LogP contribution in [0.15, 0.2) is 0 Å². The average molecular weight is 275 g/mol. The number of hydrogen-bond donors (Lipinski definition) is 0. The van der Waals surface area contributed by atoms with Crippen LogP contribution < -0.4 is 0 Å². The second-order valence-corrected chi connectivity index (χ2v) is 6.87. The van der Waals surface area contributed by atoms with Crippen LogP contribution in [0.1, 0.15) is 84.0 Å². The van der Waals surface area contributed by atoms with E-state index in [1.165, 1.54) is 77.0 Å². The summed E-state index contributed by atoms with van der Waals surface area (Å²) in [6.07, 6.45) is 17.2. The van der Waals surface area contributed by atoms with Crippen LogP contribution in [0.3, 0.4) is 0 Å². The standard InChI is InChI=1S/C14H27Br/c1-2-14(15)12-10-8-6-4-3-5-7-9-11-13-14/h2-13H2,1H3. The summed E-state index contributed by atoms with van der Waals surface area (Å²) in [5.41, 5.74) is 0. The number of alkyl halides is 1. The molecule has 0 atom stereocenters. The fourth-order valence-electron chi connectivity index (χ4n) is 2.60. The summed E-state index contributed by atoms with van der Waals surface area (Å²) in [5, 5.41) is 0. The molecular weight excluding hydrogens is 248 g/mol. The van der Waals surface area contributed by atoms with Crippen LogP contribution >= 0.6 is 15.9 Å². The third-order valence-electron chi connectivity index (χ3n) is 3.88. The van der Waals surface area contributed by atoms with Gasteiger partial charge in [-0.25, -0.2) is 0 Å². The summed E-state index contributed by atoms with van der Waals surface area (Å²) in [7, 11) is 0. The van der Waals surface area contributed by atoms with Crippen molar-refractivity contribution in [1.82, 2.24) is 0 Å². The molecule has 0 radical (unpaired) electrons. The van der Waals surface area contributed by atoms with E-state index in [2.05, 4.69) is 22.9 Å². The Bertz CT molecular complexity index is 141. The molecule has 0 aromatic heterocycles. The zero-order valence-corrected chi connectivity index (χ0v) is 11.9. The number of halogens is 1. The van der Waals surface area contributed by atoms with E-state index in [4.69, 9.17) is 0 Å². The fourth-order valence-corrected chi connectivity index (χ4v) is 3.16. The van der Waals surface area contributed by atoms with Crippen LogP contribution in [0.5, 0.6) is 0 Å². The first-order valence-electron chi connectivity index (χ1n) is 6.96. The van der Waals surface area contributed by atoms with Gasteiger partial charge in [-0.15, -0.1) is 0 Å². The van der Waals surface area contributed by atoms with Crippen molar-refractivity contribution in [3.05, 3.63) is 0 Å². The molecule has 0 bridgehead atoms. The van der Waals surface area contributed by atoms with Crippen molar-refractivity contribution in [2.45, 2.75) is 88.3 Å². The molecule has 0 saturated heterocycles. The molecule has 1 saturated carbocycles. The van der Waals surface area contributed by atoms with Gasteiger partial charge in [0.25, 0.3) is 0 Å². The predicted octanol–water partition coefficient (Wildman–Crippen LogP) is 5.83. The van der Waals surface area contributed by atoms with Crippen molar-refractivity contribution in [3.63, 3.8) is 0 Å². The minimum atomic E-state index is 0.478. The van der Waals surface area contributed by atoms with Crippen molar-refractivity contribution in [2.24, 2.45) is 0 Å². The van der Waals surface area contributed by atoms with E-state index in [-0.39, 0.29) is 0 Å². The van der Waals surface area contributed by atoms with Crippen LogP contribution in [-0.4, -0.2) is 4.32 Å². The highest BCUT2D eigenvalue weighted by molar-refractivity contribution is 9.10. The van der Waals surface area contributed by atoms with E-state index in [0.717, 1.165) is 0 Å². The maximum atomic E-state index is 3.98. The lowest BCUT2D eigenvalue weighted by molar-refractivity contribution is 0.428. The van der Waals surface area contributed by atoms with E-state index >= 15 is 0 Å². The van der Waals surface area contributed by atoms with Gasteiger partial charge in [0.1, 0.15) is 0 Å². The zero-order chi connectivity index (χ0) is 11.0. The van der Waals surface area contributed by atoms with Gasteiger partial charge < -0.3 is 0 Å². The Morgan fingerprint density at radius 2 is 1.07 bits per heavy atom. The first kappa shape index (κ1) is 13.5. The molecule has 0 heterocycles. The van der Waals surface area contributed by atoms with E-state index in [0.29, 0.717) is 4.32 Å². The zero-order valence-electron chi connectivity index (χ0n) is 10.4. The number of hydrogen-bond acceptors (Lipinski definition) is 0. The van der Waals surface area contributed by atoms with Gasteiger partial charge in [0, 0.05) is 4.32 Å². The summed E-state index contributed by atoms with van der Waals surface area (Å²) in [4.78, 5) is 0. The third-order valence-corrected chi connectivity index (χ3v) is 5.24. The van der Waals surface area contributed by atoms with Gasteiger partial charge in [-0.3, -0.25) is 0 Å². The Morgan fingerprint density at radius 1 is 0.733 bits per heavy atom. The minimum Gasteiger partial charge on any atom is -0.0853 e. The molecule has 0 unspecified atom stereocenters. The summed E-state index contributed by atoms with van der Waals surface area (Å²) >= 11 is 3.98. The quantitative estimate of drug-likeness (QED) is 0.528. The molecule has 0 nitrogen and oxygen atoms in total. The molecule has 0 aliphatic heterocycles. The topological polar surface area (TPSA) is 0 Å². The molecule has 0 amide bonds. The molecule has 1 aliphatic carbocycles. The first-order chi connectivity index (χ1) is 7.27. The molecule has 1 heteroatoms. The second-order valence-electron chi connectivity index (χ2n) is 5.19. The average Bonchev–Trinajstić information content (AvgIpc) is 2.23. The van der Waals surface area contributed by atoms with Crippen molar-refractivity contribution < 1.29 is 0 Å². The van der Waals surface area contributed by atoms with Gasteiger partial charge >= 0.3 is 0 Å². The molecule has 15 heavy (non-hydrogen) atoms. The lowest BCUT2D eigenvalue weighted by Gasteiger charge is -2.26. The van der Waals surface area contributed by atoms with Gasteiger partial charge in [0.05, 0.1) is 0 Å². The summed E-state index contributed by atoms with van der Waals surface area (Å²) in [6.45, 7) is 2.33. The summed E-state index contributed by atoms with van der Waals surface area (Å²) in [5.74, 6) is 0. The normalized spacial score (nSPS) is 25.2. The molecular formula is C14H27Br. The molecule has 0 spiro atoms. The highest BCUT2D eigenvalue weighted by Gasteiger charge is 2.23. The van der Waals surface area contributed by atoms with Crippen LogP contribution in [0, 0.1) is 0 Å². The van der Waals surface area contributed by atoms with Crippen LogP contribution in [0.2, 0.25) is 0 Å². The highest BCUT2D eigenvalue weighted by atomic mass is 79.9. The van der Waals surface area contributed by atoms with Crippen LogP contribution in [-0.2, 0) is 0 Å². The number of rotatable bonds is 1. The molecule has 0 N–H and O–H groups in total. The van der Waals surface area contributed by atoms with Gasteiger partial charge in [-0.05, 0) is 19.3 Å². The van der Waals surface area contributed by atoms with Gasteiger partial charge in [-0.1, -0.05) is 80.6 Å². The fraction of sp³-hybridized carbons (Fsp3) is 1.00. The van der Waals surface area contributed by atoms with E-state index in [9.17, 15) is 0 Å². The van der Waals surface area contributed by atoms with Gasteiger partial charge in [0.2, 0.25) is 0 Å². The largest absolute Gasteiger partial charge is 0.0853 e. The maximum Gasteiger partial charge on any atom is 0.0255 e. The molecule has 0 aromatic carbocycles. The Hall–Kier alpha value is 0.480. The van der Waals surface area contributed by atoms with Gasteiger partial charge in [0.15, 0.2) is 0 Å². The van der Waals surface area contributed by atoms with Crippen LogP contribution in [0.25, 0.3) is 0 Å². The predicted molar refractivity (Wildman–Crippen MR) is 72.7 cm³/mol. The summed E-state index contributed by atoms with van der Waals surface area (Å²) < 4.78 is 0.478. The Balaban J connectivity index is 2.32. The van der Waals surface area contributed by atoms with E-state index < -0.39 is 0 Å². The van der Waals surface area contributed by atoms with Crippen LogP contribution in [0.4, 0.5) is 0 Å². The smallest absolute Gasteiger partial charge is 0.0255 e. The van der Waals surface area contributed by atoms with E-state index in [1.54, 1.807) is 0 Å². The maximum absolute atomic E-state index is 3.98. The lowest BCUT2D eigenvalue weighted by Crippen LogP contribution is -2.19. The van der Waals surface area contributed by atoms with E-state index in [1.807, 2.05) is 0 Å². The first-order valence-corrected chi connectivity index (χ1v) is 7.75. The van der Waals surface area contributed by atoms with Gasteiger partial charge in [-0.2, -0.15) is 0 Å². The van der Waals surface area contributed by atoms with Crippen molar-refractivity contribution >= 4 is 15.9 Å². The molecule has 1 aliphatic rings. The van der Waals surface area contributed by atoms with Crippen molar-refractivity contribution in [3.8, 4) is 0 Å². The third kappa shape index (κ3) is 5.94. The molecule has 1 fully saturated rings. The Morgan fingerprint density at radius 3 is 1.40 bits per heavy atom. The molecule has 0 aromatic rings. The second kappa shape index (κ2) is 7.70. The Kier molecular flexibility index (Phi) is 6.96. The summed E-state index contributed by atoms with van der Waals surface area (Å²) in [6, 6.07) is 0. The molecule has 1 rings (SSSR count). The molecule has 90 valence electrons. The van der Waals surface area contributed by atoms with Crippen molar-refractivity contribution in [2.75, 3.05) is 0 Å². The van der Waals surface area contributed by atoms with Crippen molar-refractivity contribution in [1.29, 1.82) is 0 Å². The minimum absolute atomic E-state index is 0.478. The monoisotopic (exact) mass is 274 g/mol. The lowest BCUT2D eigenvalue weighted by atomic mass is 9.91. The Labute approximate surface area is 104 Å². The SMILES string of the molecule is CCC1(Br)CCCCCCCCCCC1. The highest BCUT2D eigenvalue weighted by Crippen LogP contribution is 2.35.